The summed E-state index contributed by atoms with van der Waals surface area (Å²) in [4.78, 5) is 0.128. The topological polar surface area (TPSA) is 104 Å². The fourth-order valence-corrected chi connectivity index (χ4v) is 2.60. The predicted octanol–water partition coefficient (Wildman–Crippen LogP) is 1.14. The van der Waals surface area contributed by atoms with Crippen LogP contribution in [0.25, 0.3) is 0 Å². The van der Waals surface area contributed by atoms with Crippen LogP contribution in [0, 0.1) is 0 Å². The highest BCUT2D eigenvalue weighted by Crippen LogP contribution is 2.28. The van der Waals surface area contributed by atoms with E-state index in [1.807, 2.05) is 13.8 Å². The molecule has 1 unspecified atom stereocenters. The van der Waals surface area contributed by atoms with E-state index < -0.39 is 10.0 Å². The van der Waals surface area contributed by atoms with E-state index in [9.17, 15) is 8.42 Å². The van der Waals surface area contributed by atoms with Crippen molar-refractivity contribution in [2.75, 3.05) is 24.7 Å². The van der Waals surface area contributed by atoms with E-state index >= 15 is 0 Å². The minimum absolute atomic E-state index is 0.0729. The van der Waals surface area contributed by atoms with E-state index in [4.69, 9.17) is 10.8 Å². The SMILES string of the molecule is CCC(C)(CCO)Nc1ccc(S(=O)(=O)NC)cc1N. The molecule has 0 saturated carbocycles. The van der Waals surface area contributed by atoms with Crippen molar-refractivity contribution in [3.05, 3.63) is 18.2 Å². The van der Waals surface area contributed by atoms with E-state index in [0.717, 1.165) is 6.42 Å². The third-order valence-electron chi connectivity index (χ3n) is 3.48. The van der Waals surface area contributed by atoms with Crippen LogP contribution in [0.1, 0.15) is 26.7 Å². The molecule has 0 fully saturated rings. The number of nitrogen functional groups attached to an aromatic ring is 1. The Morgan fingerprint density at radius 3 is 2.50 bits per heavy atom. The van der Waals surface area contributed by atoms with Gasteiger partial charge in [-0.1, -0.05) is 6.92 Å². The molecule has 0 radical (unpaired) electrons. The average Bonchev–Trinajstić information content (AvgIpc) is 2.41. The summed E-state index contributed by atoms with van der Waals surface area (Å²) in [5.41, 5.74) is 6.65. The lowest BCUT2D eigenvalue weighted by molar-refractivity contribution is 0.252. The number of aliphatic hydroxyl groups excluding tert-OH is 1. The first kappa shape index (κ1) is 16.7. The molecule has 1 atom stereocenters. The zero-order valence-corrected chi connectivity index (χ0v) is 12.9. The number of anilines is 2. The minimum atomic E-state index is -3.49. The van der Waals surface area contributed by atoms with Crippen LogP contribution in [0.15, 0.2) is 23.1 Å². The average molecular weight is 301 g/mol. The standard InChI is InChI=1S/C13H23N3O3S/c1-4-13(2,7-8-17)16-12-6-5-10(9-11(12)14)20(18,19)15-3/h5-6,9,15-17H,4,7-8,14H2,1-3H3. The van der Waals surface area contributed by atoms with Gasteiger partial charge in [0, 0.05) is 12.1 Å². The van der Waals surface area contributed by atoms with Gasteiger partial charge in [-0.3, -0.25) is 0 Å². The third kappa shape index (κ3) is 3.84. The molecule has 7 heteroatoms. The van der Waals surface area contributed by atoms with E-state index in [0.29, 0.717) is 17.8 Å². The highest BCUT2D eigenvalue weighted by atomic mass is 32.2. The second-order valence-corrected chi connectivity index (χ2v) is 6.86. The van der Waals surface area contributed by atoms with Crippen molar-refractivity contribution in [3.63, 3.8) is 0 Å². The molecule has 20 heavy (non-hydrogen) atoms. The Labute approximate surface area is 120 Å². The summed E-state index contributed by atoms with van der Waals surface area (Å²) in [7, 11) is -2.14. The van der Waals surface area contributed by atoms with Crippen molar-refractivity contribution in [1.29, 1.82) is 0 Å². The van der Waals surface area contributed by atoms with Gasteiger partial charge < -0.3 is 16.2 Å². The molecule has 0 aromatic heterocycles. The molecule has 0 heterocycles. The Morgan fingerprint density at radius 1 is 1.40 bits per heavy atom. The van der Waals surface area contributed by atoms with Gasteiger partial charge in [0.1, 0.15) is 0 Å². The van der Waals surface area contributed by atoms with Crippen LogP contribution in [-0.4, -0.2) is 32.7 Å². The van der Waals surface area contributed by atoms with Gasteiger partial charge in [-0.25, -0.2) is 13.1 Å². The summed E-state index contributed by atoms with van der Waals surface area (Å²) in [5.74, 6) is 0. The number of sulfonamides is 1. The summed E-state index contributed by atoms with van der Waals surface area (Å²) in [6.07, 6.45) is 1.39. The van der Waals surface area contributed by atoms with Gasteiger partial charge in [0.05, 0.1) is 16.3 Å². The van der Waals surface area contributed by atoms with E-state index in [-0.39, 0.29) is 17.0 Å². The molecule has 114 valence electrons. The first-order valence-electron chi connectivity index (χ1n) is 6.50. The highest BCUT2D eigenvalue weighted by molar-refractivity contribution is 7.89. The zero-order chi connectivity index (χ0) is 15.4. The number of nitrogens with two attached hydrogens (primary N) is 1. The van der Waals surface area contributed by atoms with E-state index in [1.165, 1.54) is 19.2 Å². The van der Waals surface area contributed by atoms with Crippen LogP contribution in [0.5, 0.6) is 0 Å². The molecule has 0 amide bonds. The molecule has 0 aliphatic heterocycles. The van der Waals surface area contributed by atoms with Crippen LogP contribution < -0.4 is 15.8 Å². The molecule has 1 aromatic rings. The third-order valence-corrected chi connectivity index (χ3v) is 4.89. The van der Waals surface area contributed by atoms with Crippen LogP contribution in [0.2, 0.25) is 0 Å². The van der Waals surface area contributed by atoms with Gasteiger partial charge >= 0.3 is 0 Å². The van der Waals surface area contributed by atoms with Gasteiger partial charge in [0.2, 0.25) is 10.0 Å². The Bertz CT molecular complexity index is 560. The lowest BCUT2D eigenvalue weighted by atomic mass is 9.94. The van der Waals surface area contributed by atoms with Crippen LogP contribution in [0.3, 0.4) is 0 Å². The minimum Gasteiger partial charge on any atom is -0.397 e. The van der Waals surface area contributed by atoms with Crippen LogP contribution >= 0.6 is 0 Å². The maximum Gasteiger partial charge on any atom is 0.240 e. The monoisotopic (exact) mass is 301 g/mol. The lowest BCUT2D eigenvalue weighted by Gasteiger charge is -2.31. The Kier molecular flexibility index (Phi) is 5.38. The lowest BCUT2D eigenvalue weighted by Crippen LogP contribution is -2.35. The number of benzene rings is 1. The normalized spacial score (nSPS) is 14.8. The van der Waals surface area contributed by atoms with Crippen molar-refractivity contribution in [1.82, 2.24) is 4.72 Å². The van der Waals surface area contributed by atoms with Gasteiger partial charge in [-0.2, -0.15) is 0 Å². The Morgan fingerprint density at radius 2 is 2.05 bits per heavy atom. The number of hydrogen-bond donors (Lipinski definition) is 4. The molecular formula is C13H23N3O3S. The van der Waals surface area contributed by atoms with Gasteiger partial charge in [0.15, 0.2) is 0 Å². The fraction of sp³-hybridized carbons (Fsp3) is 0.538. The summed E-state index contributed by atoms with van der Waals surface area (Å²) in [6.45, 7) is 4.07. The van der Waals surface area contributed by atoms with Gasteiger partial charge in [0.25, 0.3) is 0 Å². The van der Waals surface area contributed by atoms with E-state index in [1.54, 1.807) is 6.07 Å². The molecule has 5 N–H and O–H groups in total. The van der Waals surface area contributed by atoms with Crippen molar-refractivity contribution < 1.29 is 13.5 Å². The second-order valence-electron chi connectivity index (χ2n) is 4.97. The van der Waals surface area contributed by atoms with Gasteiger partial charge in [-0.05, 0) is 45.0 Å². The number of hydrogen-bond acceptors (Lipinski definition) is 5. The van der Waals surface area contributed by atoms with Crippen molar-refractivity contribution in [2.45, 2.75) is 37.1 Å². The quantitative estimate of drug-likeness (QED) is 0.565. The highest BCUT2D eigenvalue weighted by Gasteiger charge is 2.22. The molecular weight excluding hydrogens is 278 g/mol. The molecule has 0 aliphatic carbocycles. The first-order valence-corrected chi connectivity index (χ1v) is 7.98. The van der Waals surface area contributed by atoms with Crippen LogP contribution in [0.4, 0.5) is 11.4 Å². The Hall–Kier alpha value is -1.31. The second kappa shape index (κ2) is 6.43. The maximum atomic E-state index is 11.7. The summed E-state index contributed by atoms with van der Waals surface area (Å²) in [6, 6.07) is 4.56. The predicted molar refractivity (Wildman–Crippen MR) is 81.1 cm³/mol. The summed E-state index contributed by atoms with van der Waals surface area (Å²) in [5, 5.41) is 12.4. The molecule has 6 nitrogen and oxygen atoms in total. The number of rotatable bonds is 7. The smallest absolute Gasteiger partial charge is 0.240 e. The van der Waals surface area contributed by atoms with Gasteiger partial charge in [-0.15, -0.1) is 0 Å². The van der Waals surface area contributed by atoms with Crippen molar-refractivity contribution >= 4 is 21.4 Å². The Balaban J connectivity index is 3.05. The maximum absolute atomic E-state index is 11.7. The molecule has 0 saturated heterocycles. The first-order chi connectivity index (χ1) is 9.28. The van der Waals surface area contributed by atoms with Crippen molar-refractivity contribution in [3.8, 4) is 0 Å². The molecule has 1 rings (SSSR count). The summed E-state index contributed by atoms with van der Waals surface area (Å²) >= 11 is 0. The molecule has 0 aliphatic rings. The largest absolute Gasteiger partial charge is 0.397 e. The molecule has 0 bridgehead atoms. The van der Waals surface area contributed by atoms with E-state index in [2.05, 4.69) is 10.0 Å². The number of aliphatic hydroxyl groups is 1. The zero-order valence-electron chi connectivity index (χ0n) is 12.1. The molecule has 1 aromatic carbocycles. The fourth-order valence-electron chi connectivity index (χ4n) is 1.84. The van der Waals surface area contributed by atoms with Crippen molar-refractivity contribution in [2.24, 2.45) is 0 Å². The number of nitrogens with one attached hydrogen (secondary N) is 2. The summed E-state index contributed by atoms with van der Waals surface area (Å²) < 4.78 is 25.6. The molecule has 0 spiro atoms. The van der Waals surface area contributed by atoms with Crippen LogP contribution in [-0.2, 0) is 10.0 Å².